The molecule has 22 heavy (non-hydrogen) atoms. The lowest BCUT2D eigenvalue weighted by Gasteiger charge is -2.25. The Labute approximate surface area is 141 Å². The maximum Gasteiger partial charge on any atom is 0.253 e. The number of carbonyl (C=O) groups excluding carboxylic acids is 1. The molecule has 1 aromatic carbocycles. The van der Waals surface area contributed by atoms with Crippen molar-refractivity contribution < 1.29 is 9.53 Å². The van der Waals surface area contributed by atoms with Gasteiger partial charge in [-0.05, 0) is 50.1 Å². The third-order valence-electron chi connectivity index (χ3n) is 4.22. The molecule has 2 heterocycles. The summed E-state index contributed by atoms with van der Waals surface area (Å²) in [4.78, 5) is 14.6. The first-order valence-electron chi connectivity index (χ1n) is 7.22. The number of hydrogen-bond donors (Lipinski definition) is 1. The van der Waals surface area contributed by atoms with Gasteiger partial charge >= 0.3 is 0 Å². The second-order valence-electron chi connectivity index (χ2n) is 5.78. The fourth-order valence-electron chi connectivity index (χ4n) is 3.05. The van der Waals surface area contributed by atoms with Gasteiger partial charge in [0, 0.05) is 23.2 Å². The van der Waals surface area contributed by atoms with E-state index in [0.717, 1.165) is 24.3 Å². The summed E-state index contributed by atoms with van der Waals surface area (Å²) in [6.45, 7) is 3.74. The Balaban J connectivity index is 0.00000176. The van der Waals surface area contributed by atoms with Gasteiger partial charge in [0.05, 0.1) is 5.57 Å². The zero-order chi connectivity index (χ0) is 15.0. The molecule has 120 valence electrons. The molecule has 0 radical (unpaired) electrons. The number of fused-ring (bicyclic) bond motifs is 1. The first-order chi connectivity index (χ1) is 10.1. The number of amides is 1. The van der Waals surface area contributed by atoms with E-state index in [4.69, 9.17) is 22.1 Å². The number of hydrogen-bond acceptors (Lipinski definition) is 3. The maximum atomic E-state index is 12.7. The van der Waals surface area contributed by atoms with Gasteiger partial charge < -0.3 is 15.4 Å². The average Bonchev–Trinajstić information content (AvgIpc) is 2.87. The zero-order valence-electron chi connectivity index (χ0n) is 12.4. The molecule has 0 aliphatic carbocycles. The van der Waals surface area contributed by atoms with Crippen molar-refractivity contribution in [3.05, 3.63) is 34.4 Å². The minimum Gasteiger partial charge on any atom is -0.488 e. The van der Waals surface area contributed by atoms with Crippen LogP contribution in [0.1, 0.15) is 18.9 Å². The molecule has 1 amide bonds. The topological polar surface area (TPSA) is 55.6 Å². The molecule has 1 aromatic rings. The first-order valence-corrected chi connectivity index (χ1v) is 7.60. The van der Waals surface area contributed by atoms with Crippen LogP contribution in [0.5, 0.6) is 5.75 Å². The molecule has 2 aliphatic rings. The van der Waals surface area contributed by atoms with E-state index in [1.54, 1.807) is 6.07 Å². The van der Waals surface area contributed by atoms with Crippen molar-refractivity contribution in [1.29, 1.82) is 0 Å². The van der Waals surface area contributed by atoms with Crippen molar-refractivity contribution in [3.63, 3.8) is 0 Å². The number of nitrogens with two attached hydrogens (primary N) is 1. The van der Waals surface area contributed by atoms with Crippen molar-refractivity contribution in [2.75, 3.05) is 19.7 Å². The van der Waals surface area contributed by atoms with Gasteiger partial charge in [-0.1, -0.05) is 11.6 Å². The fraction of sp³-hybridized carbons (Fsp3) is 0.438. The Hall–Kier alpha value is -1.23. The van der Waals surface area contributed by atoms with Gasteiger partial charge in [-0.25, -0.2) is 0 Å². The van der Waals surface area contributed by atoms with Crippen LogP contribution in [0.15, 0.2) is 23.8 Å². The summed E-state index contributed by atoms with van der Waals surface area (Å²) < 4.78 is 5.66. The summed E-state index contributed by atoms with van der Waals surface area (Å²) in [5.41, 5.74) is 7.26. The Bertz CT molecular complexity index is 604. The second-order valence-corrected chi connectivity index (χ2v) is 6.22. The van der Waals surface area contributed by atoms with Crippen LogP contribution in [0.25, 0.3) is 6.08 Å². The van der Waals surface area contributed by atoms with E-state index < -0.39 is 0 Å². The monoisotopic (exact) mass is 342 g/mol. The van der Waals surface area contributed by atoms with Crippen LogP contribution in [0.3, 0.4) is 0 Å². The number of likely N-dealkylation sites (tertiary alicyclic amines) is 1. The molecule has 2 aliphatic heterocycles. The van der Waals surface area contributed by atoms with Crippen molar-refractivity contribution in [1.82, 2.24) is 4.90 Å². The molecular weight excluding hydrogens is 323 g/mol. The summed E-state index contributed by atoms with van der Waals surface area (Å²) in [6, 6.07) is 5.67. The van der Waals surface area contributed by atoms with Crippen LogP contribution in [-0.2, 0) is 4.79 Å². The van der Waals surface area contributed by atoms with Crippen molar-refractivity contribution >= 4 is 36.0 Å². The summed E-state index contributed by atoms with van der Waals surface area (Å²) in [5.74, 6) is 1.21. The first kappa shape index (κ1) is 17.1. The van der Waals surface area contributed by atoms with Gasteiger partial charge in [0.1, 0.15) is 12.4 Å². The molecule has 4 nitrogen and oxygen atoms in total. The molecular formula is C16H20Cl2N2O2. The molecule has 0 spiro atoms. The quantitative estimate of drug-likeness (QED) is 0.898. The van der Waals surface area contributed by atoms with E-state index in [1.807, 2.05) is 23.1 Å². The zero-order valence-corrected chi connectivity index (χ0v) is 14.0. The van der Waals surface area contributed by atoms with Gasteiger partial charge in [-0.15, -0.1) is 12.4 Å². The van der Waals surface area contributed by atoms with Gasteiger partial charge in [-0.2, -0.15) is 0 Å². The lowest BCUT2D eigenvalue weighted by molar-refractivity contribution is -0.128. The normalized spacial score (nSPS) is 23.2. The van der Waals surface area contributed by atoms with Gasteiger partial charge in [0.25, 0.3) is 5.91 Å². The highest BCUT2D eigenvalue weighted by Crippen LogP contribution is 2.31. The summed E-state index contributed by atoms with van der Waals surface area (Å²) >= 11 is 6.00. The SMILES string of the molecule is CC1CC(CN)CN1C(=O)C1=Cc2cc(Cl)ccc2OC1.Cl. The molecule has 1 fully saturated rings. The standard InChI is InChI=1S/C16H19ClN2O2.ClH/c1-10-4-11(7-18)8-19(10)16(20)13-5-12-6-14(17)2-3-15(12)21-9-13;/h2-3,5-6,10-11H,4,7-9,18H2,1H3;1H. The molecule has 6 heteroatoms. The molecule has 0 saturated carbocycles. The Kier molecular flexibility index (Phi) is 5.37. The van der Waals surface area contributed by atoms with E-state index in [9.17, 15) is 4.79 Å². The predicted molar refractivity (Wildman–Crippen MR) is 90.5 cm³/mol. The van der Waals surface area contributed by atoms with Crippen LogP contribution < -0.4 is 10.5 Å². The molecule has 2 N–H and O–H groups in total. The average molecular weight is 343 g/mol. The number of benzene rings is 1. The van der Waals surface area contributed by atoms with Crippen LogP contribution in [0.4, 0.5) is 0 Å². The van der Waals surface area contributed by atoms with E-state index >= 15 is 0 Å². The van der Waals surface area contributed by atoms with Crippen LogP contribution in [0, 0.1) is 5.92 Å². The molecule has 3 rings (SSSR count). The van der Waals surface area contributed by atoms with E-state index in [0.29, 0.717) is 29.7 Å². The van der Waals surface area contributed by atoms with Crippen molar-refractivity contribution in [2.45, 2.75) is 19.4 Å². The lowest BCUT2D eigenvalue weighted by Crippen LogP contribution is -2.37. The smallest absolute Gasteiger partial charge is 0.253 e. The van der Waals surface area contributed by atoms with E-state index in [1.165, 1.54) is 0 Å². The highest BCUT2D eigenvalue weighted by atomic mass is 35.5. The Morgan fingerprint density at radius 2 is 2.27 bits per heavy atom. The summed E-state index contributed by atoms with van der Waals surface area (Å²) in [5, 5.41) is 0.639. The fourth-order valence-corrected chi connectivity index (χ4v) is 3.23. The summed E-state index contributed by atoms with van der Waals surface area (Å²) in [6.07, 6.45) is 2.86. The van der Waals surface area contributed by atoms with Crippen LogP contribution in [-0.4, -0.2) is 36.5 Å². The predicted octanol–water partition coefficient (Wildman–Crippen LogP) is 2.73. The Morgan fingerprint density at radius 3 is 2.95 bits per heavy atom. The minimum atomic E-state index is 0. The van der Waals surface area contributed by atoms with Gasteiger partial charge in [0.15, 0.2) is 0 Å². The van der Waals surface area contributed by atoms with Crippen molar-refractivity contribution in [3.8, 4) is 5.75 Å². The number of rotatable bonds is 2. The number of carbonyl (C=O) groups is 1. The van der Waals surface area contributed by atoms with E-state index in [2.05, 4.69) is 6.92 Å². The molecule has 2 unspecified atom stereocenters. The second kappa shape index (κ2) is 6.90. The van der Waals surface area contributed by atoms with E-state index in [-0.39, 0.29) is 24.4 Å². The van der Waals surface area contributed by atoms with Gasteiger partial charge in [-0.3, -0.25) is 4.79 Å². The summed E-state index contributed by atoms with van der Waals surface area (Å²) in [7, 11) is 0. The highest BCUT2D eigenvalue weighted by Gasteiger charge is 2.33. The number of ether oxygens (including phenoxy) is 1. The number of halogens is 2. The molecule has 0 aromatic heterocycles. The Morgan fingerprint density at radius 1 is 1.50 bits per heavy atom. The van der Waals surface area contributed by atoms with Crippen LogP contribution in [0.2, 0.25) is 5.02 Å². The maximum absolute atomic E-state index is 12.7. The molecule has 1 saturated heterocycles. The largest absolute Gasteiger partial charge is 0.488 e. The lowest BCUT2D eigenvalue weighted by atomic mass is 10.1. The van der Waals surface area contributed by atoms with Crippen molar-refractivity contribution in [2.24, 2.45) is 11.7 Å². The third kappa shape index (κ3) is 3.24. The number of nitrogens with zero attached hydrogens (tertiary/aromatic N) is 1. The third-order valence-corrected chi connectivity index (χ3v) is 4.45. The molecule has 0 bridgehead atoms. The minimum absolute atomic E-state index is 0. The highest BCUT2D eigenvalue weighted by molar-refractivity contribution is 6.30. The van der Waals surface area contributed by atoms with Gasteiger partial charge in [0.2, 0.25) is 0 Å². The molecule has 2 atom stereocenters. The van der Waals surface area contributed by atoms with Crippen LogP contribution >= 0.6 is 24.0 Å².